The zero-order valence-corrected chi connectivity index (χ0v) is 20.1. The van der Waals surface area contributed by atoms with Gasteiger partial charge in [-0.05, 0) is 49.1 Å². The Bertz CT molecular complexity index is 1080. The zero-order chi connectivity index (χ0) is 24.2. The molecule has 2 amide bonds. The molecule has 2 aromatic rings. The first-order valence-electron chi connectivity index (χ1n) is 11.7. The van der Waals surface area contributed by atoms with Crippen molar-refractivity contribution in [2.75, 3.05) is 13.8 Å². The molecule has 180 valence electrons. The molecule has 2 aromatic carbocycles. The van der Waals surface area contributed by atoms with Gasteiger partial charge in [-0.2, -0.15) is 0 Å². The maximum atomic E-state index is 13.5. The van der Waals surface area contributed by atoms with Crippen LogP contribution in [0.2, 0.25) is 0 Å². The predicted octanol–water partition coefficient (Wildman–Crippen LogP) is 4.49. The molecule has 34 heavy (non-hydrogen) atoms. The molecule has 2 aliphatic heterocycles. The van der Waals surface area contributed by atoms with E-state index in [2.05, 4.69) is 17.5 Å². The van der Waals surface area contributed by atoms with Crippen molar-refractivity contribution in [3.63, 3.8) is 0 Å². The first-order chi connectivity index (χ1) is 16.3. The molecule has 2 aliphatic rings. The van der Waals surface area contributed by atoms with Crippen molar-refractivity contribution in [3.8, 4) is 17.2 Å². The standard InChI is InChI=1S/C27H32N2O5/c1-17(2)25-26(30)28-21(19-13-14-23-24(15-19)33-16-32-23)11-7-5-9-18(3)34-22-12-8-6-10-20(22)27(31)29(25)4/h5-8,10,12-15,17-18,21,25H,9,11,16H2,1-4H3,(H,28,30)/b7-5+/t18-,21-,25+/m1/s1. The number of hydrogen-bond donors (Lipinski definition) is 1. The van der Waals surface area contributed by atoms with Gasteiger partial charge in [-0.1, -0.05) is 44.2 Å². The molecule has 0 saturated carbocycles. The van der Waals surface area contributed by atoms with Gasteiger partial charge in [-0.15, -0.1) is 0 Å². The van der Waals surface area contributed by atoms with Crippen LogP contribution in [-0.2, 0) is 4.79 Å². The Kier molecular flexibility index (Phi) is 7.10. The summed E-state index contributed by atoms with van der Waals surface area (Å²) in [5.74, 6) is 1.35. The summed E-state index contributed by atoms with van der Waals surface area (Å²) in [6.07, 6.45) is 5.27. The van der Waals surface area contributed by atoms with Crippen LogP contribution in [0, 0.1) is 5.92 Å². The number of para-hydroxylation sites is 1. The van der Waals surface area contributed by atoms with E-state index in [1.165, 1.54) is 4.90 Å². The Morgan fingerprint density at radius 1 is 0.971 bits per heavy atom. The van der Waals surface area contributed by atoms with Gasteiger partial charge in [0.15, 0.2) is 11.5 Å². The molecule has 0 saturated heterocycles. The Balaban J connectivity index is 1.69. The lowest BCUT2D eigenvalue weighted by Crippen LogP contribution is -2.51. The number of carbonyl (C=O) groups is 2. The van der Waals surface area contributed by atoms with Crippen molar-refractivity contribution in [2.45, 2.75) is 51.8 Å². The average Bonchev–Trinajstić information content (AvgIpc) is 3.28. The van der Waals surface area contributed by atoms with Crippen LogP contribution in [0.25, 0.3) is 0 Å². The molecule has 7 nitrogen and oxygen atoms in total. The molecule has 7 heteroatoms. The van der Waals surface area contributed by atoms with Gasteiger partial charge in [0.2, 0.25) is 12.7 Å². The van der Waals surface area contributed by atoms with Crippen molar-refractivity contribution >= 4 is 11.8 Å². The van der Waals surface area contributed by atoms with Gasteiger partial charge in [0.05, 0.1) is 17.7 Å². The molecule has 4 rings (SSSR count). The third kappa shape index (κ3) is 5.03. The maximum Gasteiger partial charge on any atom is 0.258 e. The van der Waals surface area contributed by atoms with E-state index in [1.807, 2.05) is 51.1 Å². The SMILES string of the molecule is CC(C)[C@H]1C(=O)N[C@@H](c2ccc3c(c2)OCO3)C/C=C/C[C@@H](C)Oc2ccccc2C(=O)N1C. The van der Waals surface area contributed by atoms with Crippen LogP contribution >= 0.6 is 0 Å². The van der Waals surface area contributed by atoms with Gasteiger partial charge >= 0.3 is 0 Å². The largest absolute Gasteiger partial charge is 0.490 e. The van der Waals surface area contributed by atoms with Crippen LogP contribution in [0.4, 0.5) is 0 Å². The van der Waals surface area contributed by atoms with E-state index >= 15 is 0 Å². The van der Waals surface area contributed by atoms with E-state index in [0.29, 0.717) is 35.7 Å². The first-order valence-corrected chi connectivity index (χ1v) is 11.7. The smallest absolute Gasteiger partial charge is 0.258 e. The predicted molar refractivity (Wildman–Crippen MR) is 129 cm³/mol. The first kappa shape index (κ1) is 23.7. The number of nitrogens with zero attached hydrogens (tertiary/aromatic N) is 1. The lowest BCUT2D eigenvalue weighted by atomic mass is 9.97. The van der Waals surface area contributed by atoms with E-state index in [9.17, 15) is 9.59 Å². The second-order valence-corrected chi connectivity index (χ2v) is 9.15. The van der Waals surface area contributed by atoms with Gasteiger partial charge in [-0.25, -0.2) is 0 Å². The van der Waals surface area contributed by atoms with Crippen molar-refractivity contribution < 1.29 is 23.8 Å². The molecule has 3 atom stereocenters. The fourth-order valence-electron chi connectivity index (χ4n) is 4.44. The van der Waals surface area contributed by atoms with Crippen LogP contribution in [0.5, 0.6) is 17.2 Å². The van der Waals surface area contributed by atoms with Crippen molar-refractivity contribution in [1.82, 2.24) is 10.2 Å². The Morgan fingerprint density at radius 3 is 2.50 bits per heavy atom. The minimum Gasteiger partial charge on any atom is -0.490 e. The summed E-state index contributed by atoms with van der Waals surface area (Å²) in [6.45, 7) is 6.06. The highest BCUT2D eigenvalue weighted by Gasteiger charge is 2.33. The van der Waals surface area contributed by atoms with Crippen LogP contribution < -0.4 is 19.5 Å². The summed E-state index contributed by atoms with van der Waals surface area (Å²) < 4.78 is 17.1. The van der Waals surface area contributed by atoms with Gasteiger partial charge in [-0.3, -0.25) is 9.59 Å². The lowest BCUT2D eigenvalue weighted by Gasteiger charge is -2.32. The topological polar surface area (TPSA) is 77.1 Å². The molecule has 1 N–H and O–H groups in total. The molecular formula is C27H32N2O5. The van der Waals surface area contributed by atoms with Gasteiger partial charge in [0, 0.05) is 13.5 Å². The number of nitrogens with one attached hydrogen (secondary N) is 1. The summed E-state index contributed by atoms with van der Waals surface area (Å²) in [6, 6.07) is 12.0. The molecule has 0 bridgehead atoms. The van der Waals surface area contributed by atoms with E-state index in [0.717, 1.165) is 5.56 Å². The monoisotopic (exact) mass is 464 g/mol. The number of amides is 2. The minimum atomic E-state index is -0.651. The summed E-state index contributed by atoms with van der Waals surface area (Å²) in [5.41, 5.74) is 1.36. The number of ether oxygens (including phenoxy) is 3. The molecule has 0 aliphatic carbocycles. The van der Waals surface area contributed by atoms with Crippen LogP contribution in [0.1, 0.15) is 55.6 Å². The Labute approximate surface area is 200 Å². The fraction of sp³-hybridized carbons (Fsp3) is 0.407. The average molecular weight is 465 g/mol. The molecular weight excluding hydrogens is 432 g/mol. The van der Waals surface area contributed by atoms with Gasteiger partial charge < -0.3 is 24.4 Å². The van der Waals surface area contributed by atoms with E-state index < -0.39 is 6.04 Å². The highest BCUT2D eigenvalue weighted by Crippen LogP contribution is 2.35. The van der Waals surface area contributed by atoms with Gasteiger partial charge in [0.1, 0.15) is 11.8 Å². The lowest BCUT2D eigenvalue weighted by molar-refractivity contribution is -0.127. The second-order valence-electron chi connectivity index (χ2n) is 9.15. The fourth-order valence-corrected chi connectivity index (χ4v) is 4.44. The number of likely N-dealkylation sites (N-methyl/N-ethyl adjacent to an activating group) is 1. The van der Waals surface area contributed by atoms with Crippen molar-refractivity contribution in [1.29, 1.82) is 0 Å². The minimum absolute atomic E-state index is 0.0955. The quantitative estimate of drug-likeness (QED) is 0.663. The molecule has 0 aromatic heterocycles. The highest BCUT2D eigenvalue weighted by molar-refractivity contribution is 5.99. The molecule has 0 unspecified atom stereocenters. The zero-order valence-electron chi connectivity index (χ0n) is 20.1. The number of benzene rings is 2. The van der Waals surface area contributed by atoms with Crippen LogP contribution in [-0.4, -0.2) is 42.7 Å². The molecule has 0 fully saturated rings. The summed E-state index contributed by atoms with van der Waals surface area (Å²) in [5, 5.41) is 3.18. The molecule has 2 heterocycles. The second kappa shape index (κ2) is 10.2. The van der Waals surface area contributed by atoms with E-state index in [1.54, 1.807) is 19.2 Å². The number of fused-ring (bicyclic) bond motifs is 2. The van der Waals surface area contributed by atoms with E-state index in [-0.39, 0.29) is 36.7 Å². The summed E-state index contributed by atoms with van der Waals surface area (Å²) >= 11 is 0. The van der Waals surface area contributed by atoms with Gasteiger partial charge in [0.25, 0.3) is 5.91 Å². The number of carbonyl (C=O) groups excluding carboxylic acids is 2. The number of hydrogen-bond acceptors (Lipinski definition) is 5. The Morgan fingerprint density at radius 2 is 1.71 bits per heavy atom. The highest BCUT2D eigenvalue weighted by atomic mass is 16.7. The Hall–Kier alpha value is -3.48. The summed E-state index contributed by atoms with van der Waals surface area (Å²) in [4.78, 5) is 28.5. The third-order valence-corrected chi connectivity index (χ3v) is 6.21. The normalized spacial score (nSPS) is 24.1. The summed E-state index contributed by atoms with van der Waals surface area (Å²) in [7, 11) is 1.67. The molecule has 0 radical (unpaired) electrons. The van der Waals surface area contributed by atoms with E-state index in [4.69, 9.17) is 14.2 Å². The maximum absolute atomic E-state index is 13.5. The van der Waals surface area contributed by atoms with Crippen molar-refractivity contribution in [2.24, 2.45) is 5.92 Å². The third-order valence-electron chi connectivity index (χ3n) is 6.21. The number of rotatable bonds is 2. The van der Waals surface area contributed by atoms with Crippen molar-refractivity contribution in [3.05, 3.63) is 65.7 Å². The van der Waals surface area contributed by atoms with Crippen LogP contribution in [0.3, 0.4) is 0 Å². The van der Waals surface area contributed by atoms with Crippen LogP contribution in [0.15, 0.2) is 54.6 Å². The molecule has 0 spiro atoms.